The average Bonchev–Trinajstić information content (AvgIpc) is 3.48. The number of carbonyl (C=O) groups is 2. The molecule has 174 valence electrons. The lowest BCUT2D eigenvalue weighted by Gasteiger charge is -2.17. The van der Waals surface area contributed by atoms with Crippen molar-refractivity contribution in [2.75, 3.05) is 18.2 Å². The molecule has 0 unspecified atom stereocenters. The van der Waals surface area contributed by atoms with Crippen LogP contribution in [0.1, 0.15) is 17.5 Å². The van der Waals surface area contributed by atoms with Crippen LogP contribution < -0.4 is 24.4 Å². The fourth-order valence-electron chi connectivity index (χ4n) is 3.99. The molecule has 34 heavy (non-hydrogen) atoms. The molecule has 7 nitrogen and oxygen atoms in total. The Hall–Kier alpha value is -4.07. The summed E-state index contributed by atoms with van der Waals surface area (Å²) in [6.07, 6.45) is 0.162. The summed E-state index contributed by atoms with van der Waals surface area (Å²) < 4.78 is 29.4. The van der Waals surface area contributed by atoms with E-state index >= 15 is 0 Å². The molecule has 0 aliphatic carbocycles. The van der Waals surface area contributed by atoms with Crippen molar-refractivity contribution in [2.45, 2.75) is 19.6 Å². The number of carbonyl (C=O) groups excluding carboxylic acids is 2. The molecule has 1 fully saturated rings. The van der Waals surface area contributed by atoms with Crippen molar-refractivity contribution in [3.8, 4) is 17.2 Å². The quantitative estimate of drug-likeness (QED) is 0.578. The van der Waals surface area contributed by atoms with Crippen molar-refractivity contribution >= 4 is 17.5 Å². The van der Waals surface area contributed by atoms with Crippen LogP contribution >= 0.6 is 0 Å². The highest BCUT2D eigenvalue weighted by Crippen LogP contribution is 2.32. The van der Waals surface area contributed by atoms with Gasteiger partial charge in [0.15, 0.2) is 11.5 Å². The van der Waals surface area contributed by atoms with Crippen LogP contribution in [0.3, 0.4) is 0 Å². The summed E-state index contributed by atoms with van der Waals surface area (Å²) in [5, 5.41) is 2.91. The van der Waals surface area contributed by atoms with E-state index in [1.807, 2.05) is 18.2 Å². The van der Waals surface area contributed by atoms with E-state index in [-0.39, 0.29) is 30.8 Å². The highest BCUT2D eigenvalue weighted by molar-refractivity contribution is 6.00. The molecular weight excluding hydrogens is 439 g/mol. The van der Waals surface area contributed by atoms with Crippen LogP contribution in [-0.2, 0) is 22.7 Å². The van der Waals surface area contributed by atoms with Crippen molar-refractivity contribution in [3.63, 3.8) is 0 Å². The van der Waals surface area contributed by atoms with Crippen molar-refractivity contribution in [2.24, 2.45) is 5.92 Å². The summed E-state index contributed by atoms with van der Waals surface area (Å²) in [5.74, 6) is 1.03. The van der Waals surface area contributed by atoms with Crippen molar-refractivity contribution in [1.29, 1.82) is 0 Å². The molecule has 3 aromatic carbocycles. The van der Waals surface area contributed by atoms with Gasteiger partial charge in [0.2, 0.25) is 18.6 Å². The summed E-state index contributed by atoms with van der Waals surface area (Å²) in [5.41, 5.74) is 2.47. The third-order valence-electron chi connectivity index (χ3n) is 5.87. The van der Waals surface area contributed by atoms with Crippen molar-refractivity contribution < 1.29 is 28.2 Å². The normalized spacial score (nSPS) is 16.6. The van der Waals surface area contributed by atoms with E-state index in [0.29, 0.717) is 42.6 Å². The highest BCUT2D eigenvalue weighted by atomic mass is 19.1. The van der Waals surface area contributed by atoms with Gasteiger partial charge in [-0.1, -0.05) is 18.2 Å². The predicted octanol–water partition coefficient (Wildman–Crippen LogP) is 3.80. The number of amides is 2. The molecule has 0 radical (unpaired) electrons. The minimum atomic E-state index is -0.420. The van der Waals surface area contributed by atoms with E-state index in [4.69, 9.17) is 14.2 Å². The molecule has 0 spiro atoms. The Kier molecular flexibility index (Phi) is 6.03. The van der Waals surface area contributed by atoms with E-state index in [2.05, 4.69) is 5.32 Å². The maximum atomic E-state index is 13.0. The van der Waals surface area contributed by atoms with E-state index < -0.39 is 5.92 Å². The first-order valence-corrected chi connectivity index (χ1v) is 11.0. The molecule has 1 atom stereocenters. The molecule has 5 rings (SSSR count). The Morgan fingerprint density at radius 3 is 2.53 bits per heavy atom. The Labute approximate surface area is 196 Å². The smallest absolute Gasteiger partial charge is 0.231 e. The first kappa shape index (κ1) is 21.8. The number of benzene rings is 3. The van der Waals surface area contributed by atoms with Crippen molar-refractivity contribution in [3.05, 3.63) is 83.7 Å². The van der Waals surface area contributed by atoms with Gasteiger partial charge in [0, 0.05) is 25.2 Å². The fourth-order valence-corrected chi connectivity index (χ4v) is 3.99. The summed E-state index contributed by atoms with van der Waals surface area (Å²) in [6, 6.07) is 18.8. The van der Waals surface area contributed by atoms with E-state index in [9.17, 15) is 14.0 Å². The van der Waals surface area contributed by atoms with Gasteiger partial charge < -0.3 is 24.4 Å². The maximum absolute atomic E-state index is 13.0. The first-order valence-electron chi connectivity index (χ1n) is 11.0. The number of nitrogens with zero attached hydrogens (tertiary/aromatic N) is 1. The number of anilines is 1. The van der Waals surface area contributed by atoms with Gasteiger partial charge in [-0.3, -0.25) is 9.59 Å². The number of ether oxygens (including phenoxy) is 3. The Morgan fingerprint density at radius 1 is 1.00 bits per heavy atom. The summed E-state index contributed by atoms with van der Waals surface area (Å²) in [7, 11) is 0. The topological polar surface area (TPSA) is 77.1 Å². The SMILES string of the molecule is O=C(NCc1ccc2c(c1)OCO2)[C@@H]1CC(=O)N(c2ccc(OCc3ccc(F)cc3)cc2)C1. The van der Waals surface area contributed by atoms with Crippen LogP contribution in [-0.4, -0.2) is 25.2 Å². The molecule has 0 saturated carbocycles. The van der Waals surface area contributed by atoms with Crippen LogP contribution in [0.4, 0.5) is 10.1 Å². The molecule has 2 heterocycles. The van der Waals surface area contributed by atoms with Crippen LogP contribution in [0.15, 0.2) is 66.7 Å². The Balaban J connectivity index is 1.14. The second-order valence-electron chi connectivity index (χ2n) is 8.22. The average molecular weight is 462 g/mol. The minimum absolute atomic E-state index is 0.0942. The molecule has 3 aromatic rings. The molecule has 0 bridgehead atoms. The molecule has 2 amide bonds. The number of fused-ring (bicyclic) bond motifs is 1. The van der Waals surface area contributed by atoms with E-state index in [0.717, 1.165) is 11.1 Å². The standard InChI is InChI=1S/C26H23FN2O5/c27-20-4-1-17(2-5-20)15-32-22-8-6-21(7-9-22)29-14-19(12-25(29)30)26(31)28-13-18-3-10-23-24(11-18)34-16-33-23/h1-11,19H,12-16H2,(H,28,31)/t19-/m1/s1. The van der Waals surface area contributed by atoms with Gasteiger partial charge in [-0.2, -0.15) is 0 Å². The van der Waals surface area contributed by atoms with E-state index in [1.165, 1.54) is 12.1 Å². The lowest BCUT2D eigenvalue weighted by Crippen LogP contribution is -2.32. The van der Waals surface area contributed by atoms with Gasteiger partial charge in [-0.15, -0.1) is 0 Å². The monoisotopic (exact) mass is 462 g/mol. The number of nitrogens with one attached hydrogen (secondary N) is 1. The zero-order valence-electron chi connectivity index (χ0n) is 18.3. The molecule has 8 heteroatoms. The number of hydrogen-bond donors (Lipinski definition) is 1. The molecule has 0 aromatic heterocycles. The third kappa shape index (κ3) is 4.80. The first-order chi connectivity index (χ1) is 16.5. The Morgan fingerprint density at radius 2 is 1.74 bits per heavy atom. The van der Waals surface area contributed by atoms with E-state index in [1.54, 1.807) is 41.3 Å². The molecule has 1 N–H and O–H groups in total. The van der Waals surface area contributed by atoms with Gasteiger partial charge in [0.05, 0.1) is 5.92 Å². The summed E-state index contributed by atoms with van der Waals surface area (Å²) in [4.78, 5) is 26.9. The van der Waals surface area contributed by atoms with Gasteiger partial charge in [0.1, 0.15) is 18.2 Å². The second kappa shape index (κ2) is 9.43. The fraction of sp³-hybridized carbons (Fsp3) is 0.231. The zero-order valence-corrected chi connectivity index (χ0v) is 18.3. The number of halogens is 1. The number of hydrogen-bond acceptors (Lipinski definition) is 5. The van der Waals surface area contributed by atoms with Gasteiger partial charge in [0.25, 0.3) is 0 Å². The summed E-state index contributed by atoms with van der Waals surface area (Å²) >= 11 is 0. The maximum Gasteiger partial charge on any atom is 0.231 e. The van der Waals surface area contributed by atoms with Crippen molar-refractivity contribution in [1.82, 2.24) is 5.32 Å². The predicted molar refractivity (Wildman–Crippen MR) is 122 cm³/mol. The lowest BCUT2D eigenvalue weighted by atomic mass is 10.1. The van der Waals surface area contributed by atoms with Crippen LogP contribution in [0.2, 0.25) is 0 Å². The van der Waals surface area contributed by atoms with Crippen LogP contribution in [0, 0.1) is 11.7 Å². The Bertz CT molecular complexity index is 1200. The molecule has 1 saturated heterocycles. The highest BCUT2D eigenvalue weighted by Gasteiger charge is 2.35. The largest absolute Gasteiger partial charge is 0.489 e. The lowest BCUT2D eigenvalue weighted by molar-refractivity contribution is -0.126. The van der Waals surface area contributed by atoms with Gasteiger partial charge in [-0.25, -0.2) is 4.39 Å². The summed E-state index contributed by atoms with van der Waals surface area (Å²) in [6.45, 7) is 1.18. The molecular formula is C26H23FN2O5. The molecule has 2 aliphatic rings. The third-order valence-corrected chi connectivity index (χ3v) is 5.87. The van der Waals surface area contributed by atoms with Gasteiger partial charge >= 0.3 is 0 Å². The van der Waals surface area contributed by atoms with Crippen LogP contribution in [0.5, 0.6) is 17.2 Å². The van der Waals surface area contributed by atoms with Gasteiger partial charge in [-0.05, 0) is 59.7 Å². The van der Waals surface area contributed by atoms with Crippen LogP contribution in [0.25, 0.3) is 0 Å². The number of rotatable bonds is 7. The zero-order chi connectivity index (χ0) is 23.5. The second-order valence-corrected chi connectivity index (χ2v) is 8.22. The molecule has 2 aliphatic heterocycles. The minimum Gasteiger partial charge on any atom is -0.489 e.